The summed E-state index contributed by atoms with van der Waals surface area (Å²) >= 11 is 0. The fourth-order valence-corrected chi connectivity index (χ4v) is 4.08. The molecule has 0 saturated carbocycles. The second-order valence-electron chi connectivity index (χ2n) is 4.62. The number of ether oxygens (including phenoxy) is 1. The Balaban J connectivity index is 2.31. The number of sulfone groups is 1. The van der Waals surface area contributed by atoms with E-state index in [0.717, 1.165) is 0 Å². The molecule has 0 amide bonds. The smallest absolute Gasteiger partial charge is 0.372 e. The van der Waals surface area contributed by atoms with Gasteiger partial charge in [0.2, 0.25) is 0 Å². The van der Waals surface area contributed by atoms with Gasteiger partial charge < -0.3 is 10.5 Å². The Morgan fingerprint density at radius 1 is 1.39 bits per heavy atom. The lowest BCUT2D eigenvalue weighted by atomic mass is 9.89. The summed E-state index contributed by atoms with van der Waals surface area (Å²) in [7, 11) is -2.98. The van der Waals surface area contributed by atoms with Crippen molar-refractivity contribution in [3.05, 3.63) is 0 Å². The monoisotopic (exact) mass is 289 g/mol. The summed E-state index contributed by atoms with van der Waals surface area (Å²) in [6.07, 6.45) is -3.41. The molecule has 0 aromatic carbocycles. The van der Waals surface area contributed by atoms with Crippen molar-refractivity contribution in [3.8, 4) is 0 Å². The Morgan fingerprint density at radius 2 is 2.06 bits per heavy atom. The van der Waals surface area contributed by atoms with E-state index in [1.54, 1.807) is 0 Å². The van der Waals surface area contributed by atoms with E-state index in [1.165, 1.54) is 0 Å². The molecule has 0 aromatic heterocycles. The van der Waals surface area contributed by atoms with Gasteiger partial charge >= 0.3 is 6.18 Å². The van der Waals surface area contributed by atoms with E-state index in [-0.39, 0.29) is 36.5 Å². The van der Waals surface area contributed by atoms with E-state index in [2.05, 4.69) is 4.74 Å². The van der Waals surface area contributed by atoms with Crippen molar-refractivity contribution in [3.63, 3.8) is 0 Å². The minimum atomic E-state index is -4.32. The fourth-order valence-electron chi connectivity index (χ4n) is 2.16. The Morgan fingerprint density at radius 3 is 2.50 bits per heavy atom. The lowest BCUT2D eigenvalue weighted by molar-refractivity contribution is -0.174. The lowest BCUT2D eigenvalue weighted by Gasteiger charge is -2.20. The van der Waals surface area contributed by atoms with Crippen LogP contribution in [0.3, 0.4) is 0 Å². The molecule has 2 unspecified atom stereocenters. The Hall–Kier alpha value is -0.340. The van der Waals surface area contributed by atoms with Crippen LogP contribution >= 0.6 is 0 Å². The second-order valence-corrected chi connectivity index (χ2v) is 6.84. The van der Waals surface area contributed by atoms with E-state index in [4.69, 9.17) is 5.73 Å². The third kappa shape index (κ3) is 5.53. The van der Waals surface area contributed by atoms with Crippen LogP contribution in [-0.2, 0) is 14.6 Å². The molecule has 0 radical (unpaired) electrons. The average Bonchev–Trinajstić information content (AvgIpc) is 2.57. The van der Waals surface area contributed by atoms with Gasteiger partial charge in [0.1, 0.15) is 6.61 Å². The number of halogens is 3. The molecular formula is C10H18F3NO3S. The van der Waals surface area contributed by atoms with E-state index in [1.807, 2.05) is 0 Å². The minimum absolute atomic E-state index is 0.0437. The predicted octanol–water partition coefficient (Wildman–Crippen LogP) is 0.965. The van der Waals surface area contributed by atoms with Crippen LogP contribution in [0.4, 0.5) is 13.2 Å². The minimum Gasteiger partial charge on any atom is -0.372 e. The van der Waals surface area contributed by atoms with Crippen LogP contribution in [0.5, 0.6) is 0 Å². The van der Waals surface area contributed by atoms with Crippen LogP contribution in [0, 0.1) is 11.8 Å². The molecule has 1 saturated heterocycles. The highest BCUT2D eigenvalue weighted by molar-refractivity contribution is 7.91. The molecular weight excluding hydrogens is 271 g/mol. The quantitative estimate of drug-likeness (QED) is 0.740. The van der Waals surface area contributed by atoms with Gasteiger partial charge in [-0.2, -0.15) is 13.2 Å². The Kier molecular flexibility index (Phi) is 5.42. The second kappa shape index (κ2) is 6.21. The predicted molar refractivity (Wildman–Crippen MR) is 60.8 cm³/mol. The van der Waals surface area contributed by atoms with E-state index in [0.29, 0.717) is 12.8 Å². The molecule has 1 aliphatic rings. The summed E-state index contributed by atoms with van der Waals surface area (Å²) in [6, 6.07) is 0. The summed E-state index contributed by atoms with van der Waals surface area (Å²) in [6.45, 7) is -1.04. The van der Waals surface area contributed by atoms with Crippen LogP contribution < -0.4 is 5.73 Å². The summed E-state index contributed by atoms with van der Waals surface area (Å²) in [5, 5.41) is 0. The van der Waals surface area contributed by atoms with E-state index >= 15 is 0 Å². The van der Waals surface area contributed by atoms with Gasteiger partial charge in [-0.1, -0.05) is 0 Å². The first kappa shape index (κ1) is 15.7. The summed E-state index contributed by atoms with van der Waals surface area (Å²) in [5.74, 6) is 0.108. The largest absolute Gasteiger partial charge is 0.411 e. The third-order valence-corrected chi connectivity index (χ3v) is 4.93. The number of hydrogen-bond acceptors (Lipinski definition) is 4. The normalized spacial score (nSPS) is 25.2. The first-order chi connectivity index (χ1) is 8.23. The summed E-state index contributed by atoms with van der Waals surface area (Å²) in [5.41, 5.74) is 5.54. The van der Waals surface area contributed by atoms with Crippen molar-refractivity contribution in [2.75, 3.05) is 31.3 Å². The highest BCUT2D eigenvalue weighted by Gasteiger charge is 2.33. The highest BCUT2D eigenvalue weighted by atomic mass is 32.2. The average molecular weight is 289 g/mol. The Bertz CT molecular complexity index is 356. The molecule has 108 valence electrons. The summed E-state index contributed by atoms with van der Waals surface area (Å²) < 4.78 is 62.6. The molecule has 4 nitrogen and oxygen atoms in total. The maximum Gasteiger partial charge on any atom is 0.411 e. The van der Waals surface area contributed by atoms with Crippen LogP contribution in [-0.4, -0.2) is 45.9 Å². The van der Waals surface area contributed by atoms with Crippen LogP contribution in [0.15, 0.2) is 0 Å². The van der Waals surface area contributed by atoms with Gasteiger partial charge in [-0.25, -0.2) is 8.42 Å². The van der Waals surface area contributed by atoms with E-state index in [9.17, 15) is 21.6 Å². The number of hydrogen-bond donors (Lipinski definition) is 1. The molecule has 0 aromatic rings. The molecule has 0 spiro atoms. The fraction of sp³-hybridized carbons (Fsp3) is 1.00. The molecule has 0 bridgehead atoms. The van der Waals surface area contributed by atoms with Crippen molar-refractivity contribution in [1.29, 1.82) is 0 Å². The third-order valence-electron chi connectivity index (χ3n) is 3.14. The standard InChI is InChI=1S/C10H18F3NO3S/c11-10(12,13)7-17-3-1-8(5-14)9-2-4-18(15,16)6-9/h8-9H,1-7,14H2. The topological polar surface area (TPSA) is 69.4 Å². The first-order valence-corrected chi connectivity index (χ1v) is 7.60. The molecule has 1 aliphatic heterocycles. The van der Waals surface area contributed by atoms with Gasteiger partial charge in [0.25, 0.3) is 0 Å². The van der Waals surface area contributed by atoms with Crippen LogP contribution in [0.25, 0.3) is 0 Å². The highest BCUT2D eigenvalue weighted by Crippen LogP contribution is 2.27. The molecule has 2 atom stereocenters. The summed E-state index contributed by atoms with van der Waals surface area (Å²) in [4.78, 5) is 0. The van der Waals surface area contributed by atoms with Crippen molar-refractivity contribution in [2.45, 2.75) is 19.0 Å². The molecule has 18 heavy (non-hydrogen) atoms. The molecule has 2 N–H and O–H groups in total. The molecule has 1 heterocycles. The van der Waals surface area contributed by atoms with Crippen molar-refractivity contribution in [2.24, 2.45) is 17.6 Å². The zero-order chi connectivity index (χ0) is 13.8. The number of nitrogens with two attached hydrogens (primary N) is 1. The molecule has 1 rings (SSSR count). The maximum absolute atomic E-state index is 11.8. The van der Waals surface area contributed by atoms with Gasteiger partial charge in [-0.15, -0.1) is 0 Å². The SMILES string of the molecule is NCC(CCOCC(F)(F)F)C1CCS(=O)(=O)C1. The number of alkyl halides is 3. The van der Waals surface area contributed by atoms with Gasteiger partial charge in [0.05, 0.1) is 11.5 Å². The molecule has 8 heteroatoms. The zero-order valence-electron chi connectivity index (χ0n) is 9.95. The molecule has 1 fully saturated rings. The number of rotatable bonds is 6. The maximum atomic E-state index is 11.8. The first-order valence-electron chi connectivity index (χ1n) is 5.78. The van der Waals surface area contributed by atoms with Crippen molar-refractivity contribution in [1.82, 2.24) is 0 Å². The zero-order valence-corrected chi connectivity index (χ0v) is 10.8. The van der Waals surface area contributed by atoms with E-state index < -0.39 is 22.6 Å². The van der Waals surface area contributed by atoms with Gasteiger partial charge in [-0.3, -0.25) is 0 Å². The lowest BCUT2D eigenvalue weighted by Crippen LogP contribution is -2.27. The van der Waals surface area contributed by atoms with Crippen molar-refractivity contribution < 1.29 is 26.3 Å². The van der Waals surface area contributed by atoms with Crippen molar-refractivity contribution >= 4 is 9.84 Å². The van der Waals surface area contributed by atoms with Gasteiger partial charge in [0, 0.05) is 6.61 Å². The molecule has 0 aliphatic carbocycles. The van der Waals surface area contributed by atoms with Gasteiger partial charge in [0.15, 0.2) is 9.84 Å². The Labute approximate surface area is 105 Å². The van der Waals surface area contributed by atoms with Crippen LogP contribution in [0.1, 0.15) is 12.8 Å². The van der Waals surface area contributed by atoms with Crippen LogP contribution in [0.2, 0.25) is 0 Å². The van der Waals surface area contributed by atoms with Gasteiger partial charge in [-0.05, 0) is 31.2 Å².